The lowest BCUT2D eigenvalue weighted by atomic mass is 9.95. The third-order valence-electron chi connectivity index (χ3n) is 5.78. The first-order chi connectivity index (χ1) is 12.7. The summed E-state index contributed by atoms with van der Waals surface area (Å²) in [6.45, 7) is 4.70. The van der Waals surface area contributed by atoms with Crippen LogP contribution in [0.2, 0.25) is 0 Å². The molecular formula is C21H32N2O3. The quantitative estimate of drug-likeness (QED) is 0.715. The van der Waals surface area contributed by atoms with E-state index in [4.69, 9.17) is 9.47 Å². The van der Waals surface area contributed by atoms with Crippen molar-refractivity contribution in [1.29, 1.82) is 0 Å². The van der Waals surface area contributed by atoms with Gasteiger partial charge >= 0.3 is 0 Å². The number of hydrogen-bond donors (Lipinski definition) is 0. The van der Waals surface area contributed by atoms with Crippen LogP contribution in [0.3, 0.4) is 0 Å². The molecule has 0 radical (unpaired) electrons. The summed E-state index contributed by atoms with van der Waals surface area (Å²) in [6.07, 6.45) is 4.96. The van der Waals surface area contributed by atoms with Crippen LogP contribution in [0, 0.1) is 5.92 Å². The van der Waals surface area contributed by atoms with Gasteiger partial charge in [0.2, 0.25) is 5.91 Å². The molecule has 26 heavy (non-hydrogen) atoms. The number of fused-ring (bicyclic) bond motifs is 4. The highest BCUT2D eigenvalue weighted by Crippen LogP contribution is 2.28. The van der Waals surface area contributed by atoms with Gasteiger partial charge in [0.1, 0.15) is 5.75 Å². The molecule has 2 atom stereocenters. The van der Waals surface area contributed by atoms with Crippen LogP contribution in [-0.2, 0) is 16.0 Å². The van der Waals surface area contributed by atoms with Gasteiger partial charge in [-0.05, 0) is 49.3 Å². The zero-order valence-electron chi connectivity index (χ0n) is 16.2. The zero-order chi connectivity index (χ0) is 18.4. The minimum Gasteiger partial charge on any atom is -0.497 e. The molecule has 5 heteroatoms. The summed E-state index contributed by atoms with van der Waals surface area (Å²) in [4.78, 5) is 17.4. The van der Waals surface area contributed by atoms with Crippen molar-refractivity contribution in [2.24, 2.45) is 5.92 Å². The van der Waals surface area contributed by atoms with Crippen molar-refractivity contribution in [1.82, 2.24) is 9.80 Å². The van der Waals surface area contributed by atoms with Crippen molar-refractivity contribution in [2.45, 2.75) is 38.1 Å². The maximum Gasteiger partial charge on any atom is 0.222 e. The molecule has 4 rings (SSSR count). The standard InChI is InChI=1S/C21H32N2O3/c1-25-13-12-22-14-18-6-9-19(22)16-23(15-18)21(24)5-3-4-17-7-10-20(26-2)11-8-17/h7-8,10-11,18-19H,3-6,9,12-16H2,1-2H3/t18-,19-/m0/s1. The molecular weight excluding hydrogens is 328 g/mol. The summed E-state index contributed by atoms with van der Waals surface area (Å²) in [7, 11) is 3.44. The number of piperidine rings is 1. The van der Waals surface area contributed by atoms with Gasteiger partial charge in [0.15, 0.2) is 0 Å². The molecule has 3 heterocycles. The molecule has 1 aromatic rings. The van der Waals surface area contributed by atoms with Gasteiger partial charge in [-0.3, -0.25) is 9.69 Å². The van der Waals surface area contributed by atoms with Crippen LogP contribution in [0.4, 0.5) is 0 Å². The van der Waals surface area contributed by atoms with Crippen LogP contribution in [0.25, 0.3) is 0 Å². The van der Waals surface area contributed by atoms with Gasteiger partial charge in [0.05, 0.1) is 13.7 Å². The predicted molar refractivity (Wildman–Crippen MR) is 102 cm³/mol. The summed E-state index contributed by atoms with van der Waals surface area (Å²) in [5, 5.41) is 0. The van der Waals surface area contributed by atoms with E-state index in [-0.39, 0.29) is 0 Å². The number of hydrogen-bond acceptors (Lipinski definition) is 4. The molecule has 3 aliphatic rings. The van der Waals surface area contributed by atoms with E-state index in [0.29, 0.717) is 24.3 Å². The molecule has 1 amide bonds. The smallest absolute Gasteiger partial charge is 0.222 e. The van der Waals surface area contributed by atoms with E-state index in [1.807, 2.05) is 12.1 Å². The minimum absolute atomic E-state index is 0.323. The van der Waals surface area contributed by atoms with Crippen LogP contribution in [0.1, 0.15) is 31.2 Å². The molecule has 0 unspecified atom stereocenters. The topological polar surface area (TPSA) is 42.0 Å². The van der Waals surface area contributed by atoms with Crippen molar-refractivity contribution < 1.29 is 14.3 Å². The summed E-state index contributed by atoms with van der Waals surface area (Å²) in [5.41, 5.74) is 1.26. The highest BCUT2D eigenvalue weighted by molar-refractivity contribution is 5.76. The van der Waals surface area contributed by atoms with Gasteiger partial charge in [-0.25, -0.2) is 0 Å². The average molecular weight is 360 g/mol. The van der Waals surface area contributed by atoms with Crippen LogP contribution >= 0.6 is 0 Å². The number of nitrogens with zero attached hydrogens (tertiary/aromatic N) is 2. The molecule has 0 aromatic heterocycles. The lowest BCUT2D eigenvalue weighted by Crippen LogP contribution is -2.45. The third kappa shape index (κ3) is 4.98. The number of aryl methyl sites for hydroxylation is 1. The number of amides is 1. The van der Waals surface area contributed by atoms with Gasteiger partial charge in [0.25, 0.3) is 0 Å². The highest BCUT2D eigenvalue weighted by Gasteiger charge is 2.35. The monoisotopic (exact) mass is 360 g/mol. The molecule has 0 spiro atoms. The van der Waals surface area contributed by atoms with E-state index in [1.54, 1.807) is 14.2 Å². The normalized spacial score (nSPS) is 23.1. The van der Waals surface area contributed by atoms with Crippen molar-refractivity contribution >= 4 is 5.91 Å². The largest absolute Gasteiger partial charge is 0.497 e. The predicted octanol–water partition coefficient (Wildman–Crippen LogP) is 2.59. The summed E-state index contributed by atoms with van der Waals surface area (Å²) in [5.74, 6) is 1.82. The van der Waals surface area contributed by atoms with Crippen LogP contribution in [0.15, 0.2) is 24.3 Å². The van der Waals surface area contributed by atoms with E-state index < -0.39 is 0 Å². The second-order valence-corrected chi connectivity index (χ2v) is 7.59. The number of benzene rings is 1. The number of methoxy groups -OCH3 is 2. The third-order valence-corrected chi connectivity index (χ3v) is 5.78. The Kier molecular flexibility index (Phi) is 6.92. The molecule has 0 saturated carbocycles. The summed E-state index contributed by atoms with van der Waals surface area (Å²) < 4.78 is 10.4. The van der Waals surface area contributed by atoms with Gasteiger partial charge in [0, 0.05) is 45.8 Å². The first-order valence-corrected chi connectivity index (χ1v) is 9.83. The first kappa shape index (κ1) is 19.2. The fraction of sp³-hybridized carbons (Fsp3) is 0.667. The second kappa shape index (κ2) is 9.38. The molecule has 0 aliphatic carbocycles. The Morgan fingerprint density at radius 2 is 1.92 bits per heavy atom. The van der Waals surface area contributed by atoms with Crippen LogP contribution in [0.5, 0.6) is 5.75 Å². The van der Waals surface area contributed by atoms with Gasteiger partial charge < -0.3 is 14.4 Å². The van der Waals surface area contributed by atoms with Crippen molar-refractivity contribution in [3.8, 4) is 5.75 Å². The first-order valence-electron chi connectivity index (χ1n) is 9.83. The summed E-state index contributed by atoms with van der Waals surface area (Å²) in [6, 6.07) is 8.65. The van der Waals surface area contributed by atoms with Crippen LogP contribution < -0.4 is 4.74 Å². The summed E-state index contributed by atoms with van der Waals surface area (Å²) >= 11 is 0. The fourth-order valence-electron chi connectivity index (χ4n) is 4.26. The molecule has 3 saturated heterocycles. The van der Waals surface area contributed by atoms with E-state index in [2.05, 4.69) is 21.9 Å². The van der Waals surface area contributed by atoms with Crippen molar-refractivity contribution in [3.05, 3.63) is 29.8 Å². The molecule has 5 nitrogen and oxygen atoms in total. The zero-order valence-corrected chi connectivity index (χ0v) is 16.2. The van der Waals surface area contributed by atoms with Gasteiger partial charge in [-0.15, -0.1) is 0 Å². The Morgan fingerprint density at radius 1 is 1.12 bits per heavy atom. The Bertz CT molecular complexity index is 575. The number of carbonyl (C=O) groups is 1. The van der Waals surface area contributed by atoms with E-state index in [0.717, 1.165) is 51.4 Å². The van der Waals surface area contributed by atoms with Crippen LogP contribution in [-0.4, -0.2) is 68.8 Å². The molecule has 0 N–H and O–H groups in total. The average Bonchev–Trinajstić information content (AvgIpc) is 2.99. The van der Waals surface area contributed by atoms with E-state index in [1.165, 1.54) is 18.4 Å². The highest BCUT2D eigenvalue weighted by atomic mass is 16.5. The fourth-order valence-corrected chi connectivity index (χ4v) is 4.26. The Balaban J connectivity index is 1.47. The molecule has 2 bridgehead atoms. The van der Waals surface area contributed by atoms with E-state index in [9.17, 15) is 4.79 Å². The van der Waals surface area contributed by atoms with E-state index >= 15 is 0 Å². The number of carbonyl (C=O) groups excluding carboxylic acids is 1. The van der Waals surface area contributed by atoms with Gasteiger partial charge in [-0.1, -0.05) is 12.1 Å². The molecule has 1 aromatic carbocycles. The van der Waals surface area contributed by atoms with Gasteiger partial charge in [-0.2, -0.15) is 0 Å². The maximum absolute atomic E-state index is 12.7. The minimum atomic E-state index is 0.323. The Hall–Kier alpha value is -1.59. The maximum atomic E-state index is 12.7. The Morgan fingerprint density at radius 3 is 2.65 bits per heavy atom. The van der Waals surface area contributed by atoms with Crippen molar-refractivity contribution in [3.63, 3.8) is 0 Å². The number of rotatable bonds is 8. The number of ether oxygens (including phenoxy) is 2. The molecule has 3 aliphatic heterocycles. The lowest BCUT2D eigenvalue weighted by molar-refractivity contribution is -0.131. The molecule has 144 valence electrons. The molecule has 3 fully saturated rings. The Labute approximate surface area is 157 Å². The van der Waals surface area contributed by atoms with Crippen molar-refractivity contribution in [2.75, 3.05) is 47.0 Å². The lowest BCUT2D eigenvalue weighted by Gasteiger charge is -2.35. The second-order valence-electron chi connectivity index (χ2n) is 7.59. The SMILES string of the molecule is COCCN1C[C@@H]2CC[C@H]1CN(C(=O)CCCc1ccc(OC)cc1)C2.